The van der Waals surface area contributed by atoms with Gasteiger partial charge in [0, 0.05) is 19.6 Å². The fourth-order valence-corrected chi connectivity index (χ4v) is 1.54. The standard InChI is InChI=1S/C11H16N2O/c1-2-4-11(5-3-1)14-9-10-8-12-6-7-13-10/h1-5,10,12-13H,6-9H2/t10-/m1/s1. The van der Waals surface area contributed by atoms with E-state index in [4.69, 9.17) is 4.74 Å². The largest absolute Gasteiger partial charge is 0.492 e. The Morgan fingerprint density at radius 1 is 1.21 bits per heavy atom. The number of nitrogens with one attached hydrogen (secondary N) is 2. The first-order valence-electron chi connectivity index (χ1n) is 5.07. The molecule has 1 aromatic rings. The Morgan fingerprint density at radius 3 is 2.79 bits per heavy atom. The van der Waals surface area contributed by atoms with Crippen LogP contribution in [0.2, 0.25) is 0 Å². The maximum Gasteiger partial charge on any atom is 0.119 e. The zero-order chi connectivity index (χ0) is 9.64. The zero-order valence-corrected chi connectivity index (χ0v) is 8.20. The van der Waals surface area contributed by atoms with E-state index in [1.165, 1.54) is 0 Å². The van der Waals surface area contributed by atoms with Crippen LogP contribution in [0.5, 0.6) is 5.75 Å². The summed E-state index contributed by atoms with van der Waals surface area (Å²) in [4.78, 5) is 0. The number of para-hydroxylation sites is 1. The minimum absolute atomic E-state index is 0.434. The van der Waals surface area contributed by atoms with Gasteiger partial charge in [-0.15, -0.1) is 0 Å². The maximum atomic E-state index is 5.64. The van der Waals surface area contributed by atoms with Gasteiger partial charge < -0.3 is 15.4 Å². The van der Waals surface area contributed by atoms with E-state index in [1.54, 1.807) is 0 Å². The van der Waals surface area contributed by atoms with Crippen molar-refractivity contribution in [3.8, 4) is 5.75 Å². The molecule has 1 aromatic carbocycles. The van der Waals surface area contributed by atoms with Crippen molar-refractivity contribution in [3.05, 3.63) is 30.3 Å². The average molecular weight is 192 g/mol. The predicted octanol–water partition coefficient (Wildman–Crippen LogP) is 0.627. The highest BCUT2D eigenvalue weighted by atomic mass is 16.5. The molecule has 14 heavy (non-hydrogen) atoms. The molecule has 1 fully saturated rings. The van der Waals surface area contributed by atoms with E-state index in [2.05, 4.69) is 10.6 Å². The van der Waals surface area contributed by atoms with Gasteiger partial charge in [-0.3, -0.25) is 0 Å². The summed E-state index contributed by atoms with van der Waals surface area (Å²) in [6, 6.07) is 10.4. The Kier molecular flexibility index (Phi) is 3.38. The zero-order valence-electron chi connectivity index (χ0n) is 8.20. The monoisotopic (exact) mass is 192 g/mol. The SMILES string of the molecule is c1ccc(OC[C@H]2CNCCN2)cc1. The van der Waals surface area contributed by atoms with Gasteiger partial charge in [-0.05, 0) is 12.1 Å². The molecule has 0 aromatic heterocycles. The van der Waals surface area contributed by atoms with Crippen LogP contribution >= 0.6 is 0 Å². The highest BCUT2D eigenvalue weighted by molar-refractivity contribution is 5.20. The average Bonchev–Trinajstić information content (AvgIpc) is 2.29. The third-order valence-electron chi connectivity index (χ3n) is 2.32. The molecule has 3 nitrogen and oxygen atoms in total. The van der Waals surface area contributed by atoms with Gasteiger partial charge in [0.25, 0.3) is 0 Å². The highest BCUT2D eigenvalue weighted by Gasteiger charge is 2.11. The van der Waals surface area contributed by atoms with Gasteiger partial charge in [0.1, 0.15) is 12.4 Å². The summed E-state index contributed by atoms with van der Waals surface area (Å²) in [5.74, 6) is 0.944. The Bertz CT molecular complexity index is 257. The molecule has 0 unspecified atom stereocenters. The fraction of sp³-hybridized carbons (Fsp3) is 0.455. The molecule has 0 spiro atoms. The van der Waals surface area contributed by atoms with Crippen LogP contribution in [-0.4, -0.2) is 32.3 Å². The first kappa shape index (κ1) is 9.49. The molecule has 1 atom stereocenters. The van der Waals surface area contributed by atoms with Crippen LogP contribution in [0.4, 0.5) is 0 Å². The van der Waals surface area contributed by atoms with Crippen LogP contribution in [0, 0.1) is 0 Å². The van der Waals surface area contributed by atoms with Crippen LogP contribution in [-0.2, 0) is 0 Å². The number of hydrogen-bond donors (Lipinski definition) is 2. The van der Waals surface area contributed by atoms with Crippen LogP contribution in [0.25, 0.3) is 0 Å². The Balaban J connectivity index is 1.76. The molecule has 0 amide bonds. The molecule has 1 aliphatic rings. The summed E-state index contributed by atoms with van der Waals surface area (Å²) in [5, 5.41) is 6.73. The van der Waals surface area contributed by atoms with Crippen molar-refractivity contribution in [1.29, 1.82) is 0 Å². The molecule has 1 saturated heterocycles. The minimum atomic E-state index is 0.434. The molecule has 1 heterocycles. The van der Waals surface area contributed by atoms with Crippen LogP contribution in [0.15, 0.2) is 30.3 Å². The van der Waals surface area contributed by atoms with E-state index in [-0.39, 0.29) is 0 Å². The van der Waals surface area contributed by atoms with Crippen LogP contribution < -0.4 is 15.4 Å². The quantitative estimate of drug-likeness (QED) is 0.737. The van der Waals surface area contributed by atoms with Gasteiger partial charge in [-0.25, -0.2) is 0 Å². The lowest BCUT2D eigenvalue weighted by Gasteiger charge is -2.24. The number of benzene rings is 1. The summed E-state index contributed by atoms with van der Waals surface area (Å²) in [5.41, 5.74) is 0. The Hall–Kier alpha value is -1.06. The molecule has 0 radical (unpaired) electrons. The van der Waals surface area contributed by atoms with Gasteiger partial charge >= 0.3 is 0 Å². The molecular weight excluding hydrogens is 176 g/mol. The normalized spacial score (nSPS) is 21.9. The molecule has 2 rings (SSSR count). The molecule has 3 heteroatoms. The molecule has 0 saturated carbocycles. The lowest BCUT2D eigenvalue weighted by molar-refractivity contribution is 0.247. The maximum absolute atomic E-state index is 5.64. The van der Waals surface area contributed by atoms with E-state index >= 15 is 0 Å². The highest BCUT2D eigenvalue weighted by Crippen LogP contribution is 2.08. The number of hydrogen-bond acceptors (Lipinski definition) is 3. The van der Waals surface area contributed by atoms with Gasteiger partial charge in [0.15, 0.2) is 0 Å². The molecular formula is C11H16N2O. The summed E-state index contributed by atoms with van der Waals surface area (Å²) < 4.78 is 5.64. The summed E-state index contributed by atoms with van der Waals surface area (Å²) in [6.45, 7) is 3.81. The topological polar surface area (TPSA) is 33.3 Å². The van der Waals surface area contributed by atoms with Crippen molar-refractivity contribution in [2.24, 2.45) is 0 Å². The summed E-state index contributed by atoms with van der Waals surface area (Å²) >= 11 is 0. The van der Waals surface area contributed by atoms with Crippen molar-refractivity contribution in [2.45, 2.75) is 6.04 Å². The van der Waals surface area contributed by atoms with E-state index in [0.717, 1.165) is 32.0 Å². The van der Waals surface area contributed by atoms with E-state index in [1.807, 2.05) is 30.3 Å². The minimum Gasteiger partial charge on any atom is -0.492 e. The smallest absolute Gasteiger partial charge is 0.119 e. The van der Waals surface area contributed by atoms with Crippen molar-refractivity contribution < 1.29 is 4.74 Å². The van der Waals surface area contributed by atoms with Gasteiger partial charge in [-0.2, -0.15) is 0 Å². The second-order valence-corrected chi connectivity index (χ2v) is 3.48. The molecule has 0 bridgehead atoms. The third kappa shape index (κ3) is 2.72. The van der Waals surface area contributed by atoms with Crippen LogP contribution in [0.1, 0.15) is 0 Å². The molecule has 0 aliphatic carbocycles. The van der Waals surface area contributed by atoms with E-state index < -0.39 is 0 Å². The molecule has 1 aliphatic heterocycles. The van der Waals surface area contributed by atoms with Crippen molar-refractivity contribution >= 4 is 0 Å². The molecule has 76 valence electrons. The van der Waals surface area contributed by atoms with Crippen LogP contribution in [0.3, 0.4) is 0 Å². The number of rotatable bonds is 3. The lowest BCUT2D eigenvalue weighted by atomic mass is 10.2. The second kappa shape index (κ2) is 4.98. The molecule has 2 N–H and O–H groups in total. The second-order valence-electron chi connectivity index (χ2n) is 3.48. The van der Waals surface area contributed by atoms with Crippen molar-refractivity contribution in [1.82, 2.24) is 10.6 Å². The number of ether oxygens (including phenoxy) is 1. The summed E-state index contributed by atoms with van der Waals surface area (Å²) in [6.07, 6.45) is 0. The first-order valence-corrected chi connectivity index (χ1v) is 5.07. The first-order chi connectivity index (χ1) is 6.95. The van der Waals surface area contributed by atoms with Gasteiger partial charge in [-0.1, -0.05) is 18.2 Å². The fourth-order valence-electron chi connectivity index (χ4n) is 1.54. The van der Waals surface area contributed by atoms with E-state index in [0.29, 0.717) is 6.04 Å². The predicted molar refractivity (Wildman–Crippen MR) is 56.6 cm³/mol. The van der Waals surface area contributed by atoms with E-state index in [9.17, 15) is 0 Å². The Morgan fingerprint density at radius 2 is 2.07 bits per heavy atom. The Labute approximate surface area is 84.5 Å². The van der Waals surface area contributed by atoms with Crippen molar-refractivity contribution in [2.75, 3.05) is 26.2 Å². The van der Waals surface area contributed by atoms with Gasteiger partial charge in [0.05, 0.1) is 6.04 Å². The summed E-state index contributed by atoms with van der Waals surface area (Å²) in [7, 11) is 0. The lowest BCUT2D eigenvalue weighted by Crippen LogP contribution is -2.50. The van der Waals surface area contributed by atoms with Crippen molar-refractivity contribution in [3.63, 3.8) is 0 Å². The number of piperazine rings is 1. The van der Waals surface area contributed by atoms with Gasteiger partial charge in [0.2, 0.25) is 0 Å². The third-order valence-corrected chi connectivity index (χ3v) is 2.32.